The van der Waals surface area contributed by atoms with Gasteiger partial charge in [0.25, 0.3) is 11.2 Å². The second-order valence-electron chi connectivity index (χ2n) is 6.94. The van der Waals surface area contributed by atoms with Crippen LogP contribution in [0.3, 0.4) is 0 Å². The standard InChI is InChI=1S/C22H16FN3O5S/c1-12-18(21(28)31-2)19(15-5-3-4-6-16(15)26(29)30)25-20(27)17(32-22(25)24-12)11-13-7-9-14(23)10-8-13/h3-11,19H,1-2H3. The van der Waals surface area contributed by atoms with Crippen LogP contribution in [0.4, 0.5) is 10.1 Å². The number of methoxy groups -OCH3 is 1. The Bertz CT molecular complexity index is 1450. The lowest BCUT2D eigenvalue weighted by Crippen LogP contribution is -2.40. The number of hydrogen-bond acceptors (Lipinski definition) is 7. The number of nitrogens with zero attached hydrogens (tertiary/aromatic N) is 3. The minimum absolute atomic E-state index is 0.0440. The van der Waals surface area contributed by atoms with E-state index < -0.39 is 28.3 Å². The monoisotopic (exact) mass is 453 g/mol. The molecule has 162 valence electrons. The molecule has 1 atom stereocenters. The Morgan fingerprint density at radius 1 is 1.25 bits per heavy atom. The molecule has 0 aliphatic carbocycles. The molecule has 0 bridgehead atoms. The van der Waals surface area contributed by atoms with E-state index in [1.54, 1.807) is 19.1 Å². The maximum Gasteiger partial charge on any atom is 0.338 e. The van der Waals surface area contributed by atoms with Crippen LogP contribution in [0.15, 0.2) is 69.6 Å². The van der Waals surface area contributed by atoms with Gasteiger partial charge in [0.1, 0.15) is 11.9 Å². The number of fused-ring (bicyclic) bond motifs is 1. The number of halogens is 1. The van der Waals surface area contributed by atoms with E-state index in [1.807, 2.05) is 0 Å². The highest BCUT2D eigenvalue weighted by Gasteiger charge is 2.36. The molecule has 1 aliphatic rings. The van der Waals surface area contributed by atoms with Gasteiger partial charge in [0.05, 0.1) is 33.4 Å². The maximum atomic E-state index is 13.4. The number of ether oxygens (including phenoxy) is 1. The Balaban J connectivity index is 2.02. The number of carbonyl (C=O) groups excluding carboxylic acids is 1. The first-order valence-electron chi connectivity index (χ1n) is 9.41. The normalized spacial score (nSPS) is 15.8. The number of benzene rings is 2. The molecule has 0 spiro atoms. The summed E-state index contributed by atoms with van der Waals surface area (Å²) in [5.41, 5.74) is 0.401. The van der Waals surface area contributed by atoms with Crippen molar-refractivity contribution in [3.63, 3.8) is 0 Å². The number of rotatable bonds is 4. The zero-order valence-electron chi connectivity index (χ0n) is 16.9. The van der Waals surface area contributed by atoms with Crippen LogP contribution in [0.2, 0.25) is 0 Å². The molecule has 0 saturated heterocycles. The van der Waals surface area contributed by atoms with Gasteiger partial charge in [0, 0.05) is 6.07 Å². The van der Waals surface area contributed by atoms with E-state index in [0.29, 0.717) is 11.3 Å². The van der Waals surface area contributed by atoms with Crippen molar-refractivity contribution in [2.75, 3.05) is 7.11 Å². The summed E-state index contributed by atoms with van der Waals surface area (Å²) in [6, 6.07) is 10.4. The van der Waals surface area contributed by atoms with E-state index in [1.165, 1.54) is 54.1 Å². The molecule has 1 aliphatic heterocycles. The van der Waals surface area contributed by atoms with Crippen molar-refractivity contribution < 1.29 is 18.8 Å². The number of para-hydroxylation sites is 1. The van der Waals surface area contributed by atoms with Crippen LogP contribution in [0.25, 0.3) is 6.08 Å². The number of carbonyl (C=O) groups is 1. The molecule has 0 amide bonds. The number of hydrogen-bond donors (Lipinski definition) is 0. The number of esters is 1. The number of nitro benzene ring substituents is 1. The van der Waals surface area contributed by atoms with Gasteiger partial charge in [-0.3, -0.25) is 19.5 Å². The first kappa shape index (κ1) is 21.3. The van der Waals surface area contributed by atoms with Gasteiger partial charge in [0.2, 0.25) is 0 Å². The minimum Gasteiger partial charge on any atom is -0.466 e. The fourth-order valence-corrected chi connectivity index (χ4v) is 4.63. The predicted octanol–water partition coefficient (Wildman–Crippen LogP) is 2.46. The molecule has 8 nitrogen and oxygen atoms in total. The molecule has 2 aromatic carbocycles. The summed E-state index contributed by atoms with van der Waals surface area (Å²) in [6.45, 7) is 1.59. The van der Waals surface area contributed by atoms with Crippen molar-refractivity contribution in [2.45, 2.75) is 13.0 Å². The Hall–Kier alpha value is -3.92. The molecule has 10 heteroatoms. The lowest BCUT2D eigenvalue weighted by Gasteiger charge is -2.24. The maximum absolute atomic E-state index is 13.4. The van der Waals surface area contributed by atoms with E-state index in [-0.39, 0.29) is 26.2 Å². The summed E-state index contributed by atoms with van der Waals surface area (Å²) < 4.78 is 19.7. The first-order valence-corrected chi connectivity index (χ1v) is 10.2. The summed E-state index contributed by atoms with van der Waals surface area (Å²) in [4.78, 5) is 41.8. The first-order chi connectivity index (χ1) is 15.3. The van der Waals surface area contributed by atoms with Gasteiger partial charge in [-0.05, 0) is 36.8 Å². The van der Waals surface area contributed by atoms with Crippen LogP contribution < -0.4 is 14.9 Å². The molecule has 3 aromatic rings. The van der Waals surface area contributed by atoms with Crippen molar-refractivity contribution in [3.8, 4) is 0 Å². The van der Waals surface area contributed by atoms with Crippen molar-refractivity contribution in [2.24, 2.45) is 4.99 Å². The van der Waals surface area contributed by atoms with Crippen molar-refractivity contribution in [3.05, 3.63) is 107 Å². The van der Waals surface area contributed by atoms with E-state index in [2.05, 4.69) is 4.99 Å². The second kappa shape index (κ2) is 8.31. The molecular weight excluding hydrogens is 437 g/mol. The van der Waals surface area contributed by atoms with Gasteiger partial charge < -0.3 is 4.74 Å². The minimum atomic E-state index is -1.09. The summed E-state index contributed by atoms with van der Waals surface area (Å²) in [7, 11) is 1.19. The van der Waals surface area contributed by atoms with Crippen LogP contribution in [0.1, 0.15) is 24.1 Å². The molecular formula is C22H16FN3O5S. The average molecular weight is 453 g/mol. The molecule has 0 saturated carbocycles. The summed E-state index contributed by atoms with van der Waals surface area (Å²) in [6.07, 6.45) is 1.58. The smallest absolute Gasteiger partial charge is 0.338 e. The zero-order chi connectivity index (χ0) is 23.0. The van der Waals surface area contributed by atoms with Gasteiger partial charge in [-0.1, -0.05) is 35.6 Å². The highest BCUT2D eigenvalue weighted by molar-refractivity contribution is 7.07. The van der Waals surface area contributed by atoms with Gasteiger partial charge in [-0.15, -0.1) is 0 Å². The van der Waals surface area contributed by atoms with E-state index in [9.17, 15) is 24.1 Å². The summed E-state index contributed by atoms with van der Waals surface area (Å²) in [5, 5.41) is 11.7. The highest BCUT2D eigenvalue weighted by atomic mass is 32.1. The third kappa shape index (κ3) is 3.65. The molecule has 4 rings (SSSR count). The molecule has 1 aromatic heterocycles. The van der Waals surface area contributed by atoms with Crippen LogP contribution in [-0.4, -0.2) is 22.6 Å². The number of allylic oxidation sites excluding steroid dienone is 1. The summed E-state index contributed by atoms with van der Waals surface area (Å²) >= 11 is 1.08. The lowest BCUT2D eigenvalue weighted by molar-refractivity contribution is -0.385. The van der Waals surface area contributed by atoms with Crippen molar-refractivity contribution in [1.82, 2.24) is 4.57 Å². The number of aromatic nitrogens is 1. The molecule has 32 heavy (non-hydrogen) atoms. The van der Waals surface area contributed by atoms with Gasteiger partial charge in [0.15, 0.2) is 4.80 Å². The van der Waals surface area contributed by atoms with Crippen molar-refractivity contribution in [1.29, 1.82) is 0 Å². The third-order valence-electron chi connectivity index (χ3n) is 5.02. The highest BCUT2D eigenvalue weighted by Crippen LogP contribution is 2.35. The van der Waals surface area contributed by atoms with Crippen LogP contribution in [0, 0.1) is 15.9 Å². The fraction of sp³-hybridized carbons (Fsp3) is 0.136. The Labute approximate surface area is 184 Å². The number of thiazole rings is 1. The van der Waals surface area contributed by atoms with Crippen molar-refractivity contribution >= 4 is 29.1 Å². The predicted molar refractivity (Wildman–Crippen MR) is 115 cm³/mol. The Morgan fingerprint density at radius 2 is 1.94 bits per heavy atom. The topological polar surface area (TPSA) is 104 Å². The van der Waals surface area contributed by atoms with Gasteiger partial charge in [-0.25, -0.2) is 14.2 Å². The zero-order valence-corrected chi connectivity index (χ0v) is 17.8. The average Bonchev–Trinajstić information content (AvgIpc) is 3.08. The Kier molecular flexibility index (Phi) is 5.54. The molecule has 0 radical (unpaired) electrons. The molecule has 0 N–H and O–H groups in total. The SMILES string of the molecule is COC(=O)C1=C(C)N=c2sc(=Cc3ccc(F)cc3)c(=O)n2C1c1ccccc1[N+](=O)[O-]. The third-order valence-corrected chi connectivity index (χ3v) is 6.01. The van der Waals surface area contributed by atoms with E-state index in [4.69, 9.17) is 4.74 Å². The summed E-state index contributed by atoms with van der Waals surface area (Å²) in [5.74, 6) is -1.14. The molecule has 0 fully saturated rings. The molecule has 2 heterocycles. The molecule has 1 unspecified atom stereocenters. The van der Waals surface area contributed by atoms with E-state index in [0.717, 1.165) is 11.3 Å². The van der Waals surface area contributed by atoms with Gasteiger partial charge in [-0.2, -0.15) is 0 Å². The fourth-order valence-electron chi connectivity index (χ4n) is 3.58. The van der Waals surface area contributed by atoms with Gasteiger partial charge >= 0.3 is 5.97 Å². The Morgan fingerprint density at radius 3 is 2.59 bits per heavy atom. The van der Waals surface area contributed by atoms with E-state index >= 15 is 0 Å². The quantitative estimate of drug-likeness (QED) is 0.343. The van der Waals surface area contributed by atoms with Crippen LogP contribution >= 0.6 is 11.3 Å². The largest absolute Gasteiger partial charge is 0.466 e. The second-order valence-corrected chi connectivity index (χ2v) is 7.95. The van der Waals surface area contributed by atoms with Crippen LogP contribution in [-0.2, 0) is 9.53 Å². The number of nitro groups is 1. The lowest BCUT2D eigenvalue weighted by atomic mass is 9.94. The van der Waals surface area contributed by atoms with Crippen LogP contribution in [0.5, 0.6) is 0 Å².